The Balaban J connectivity index is 0.00000338. The lowest BCUT2D eigenvalue weighted by atomic mass is 10.1. The third-order valence-corrected chi connectivity index (χ3v) is 5.88. The van der Waals surface area contributed by atoms with Gasteiger partial charge >= 0.3 is 0 Å². The van der Waals surface area contributed by atoms with Gasteiger partial charge in [-0.3, -0.25) is 4.99 Å². The second-order valence-electron chi connectivity index (χ2n) is 6.21. The molecule has 148 valence electrons. The van der Waals surface area contributed by atoms with Gasteiger partial charge in [0.05, 0.1) is 25.2 Å². The van der Waals surface area contributed by atoms with Gasteiger partial charge in [-0.15, -0.1) is 24.0 Å². The third kappa shape index (κ3) is 7.56. The molecule has 1 saturated heterocycles. The van der Waals surface area contributed by atoms with Crippen molar-refractivity contribution in [2.45, 2.75) is 19.4 Å². The Labute approximate surface area is 172 Å². The summed E-state index contributed by atoms with van der Waals surface area (Å²) in [5, 5.41) is 6.38. The van der Waals surface area contributed by atoms with Gasteiger partial charge < -0.3 is 20.1 Å². The molecule has 2 atom stereocenters. The summed E-state index contributed by atoms with van der Waals surface area (Å²) >= 11 is 0. The smallest absolute Gasteiger partial charge is 0.191 e. The number of nitrogens with zero attached hydrogens (tertiary/aromatic N) is 1. The van der Waals surface area contributed by atoms with Crippen molar-refractivity contribution in [3.05, 3.63) is 24.3 Å². The fourth-order valence-electron chi connectivity index (χ4n) is 2.68. The lowest BCUT2D eigenvalue weighted by molar-refractivity contribution is 0.223. The maximum absolute atomic E-state index is 11.5. The van der Waals surface area contributed by atoms with E-state index in [9.17, 15) is 8.42 Å². The van der Waals surface area contributed by atoms with Crippen molar-refractivity contribution >= 4 is 39.8 Å². The lowest BCUT2D eigenvalue weighted by Gasteiger charge is -2.19. The molecule has 7 nitrogen and oxygen atoms in total. The zero-order valence-corrected chi connectivity index (χ0v) is 18.5. The number of rotatable bonds is 7. The number of sulfone groups is 1. The molecular weight excluding hydrogens is 469 g/mol. The number of benzene rings is 1. The van der Waals surface area contributed by atoms with Crippen molar-refractivity contribution in [2.75, 3.05) is 38.8 Å². The lowest BCUT2D eigenvalue weighted by Crippen LogP contribution is -2.43. The molecule has 0 aliphatic carbocycles. The third-order valence-electron chi connectivity index (χ3n) is 4.04. The Morgan fingerprint density at radius 2 is 2.08 bits per heavy atom. The van der Waals surface area contributed by atoms with Crippen molar-refractivity contribution in [2.24, 2.45) is 10.9 Å². The SMILES string of the molecule is CN=C(NCC1CCS(=O)(=O)C1)NCC(C)Oc1cccc(OC)c1.I. The summed E-state index contributed by atoms with van der Waals surface area (Å²) in [7, 11) is 0.462. The van der Waals surface area contributed by atoms with Crippen LogP contribution in [0.3, 0.4) is 0 Å². The van der Waals surface area contributed by atoms with Crippen LogP contribution in [0.5, 0.6) is 11.5 Å². The molecule has 1 aromatic carbocycles. The average molecular weight is 497 g/mol. The summed E-state index contributed by atoms with van der Waals surface area (Å²) in [4.78, 5) is 4.16. The molecule has 0 aromatic heterocycles. The Bertz CT molecular complexity index is 697. The number of aliphatic imine (C=N–C) groups is 1. The van der Waals surface area contributed by atoms with Gasteiger partial charge in [0.2, 0.25) is 0 Å². The van der Waals surface area contributed by atoms with Crippen LogP contribution in [0.2, 0.25) is 0 Å². The maximum Gasteiger partial charge on any atom is 0.191 e. The van der Waals surface area contributed by atoms with Crippen molar-refractivity contribution in [1.82, 2.24) is 10.6 Å². The van der Waals surface area contributed by atoms with Crippen molar-refractivity contribution < 1.29 is 17.9 Å². The molecule has 26 heavy (non-hydrogen) atoms. The quantitative estimate of drug-likeness (QED) is 0.339. The molecule has 1 heterocycles. The fourth-order valence-corrected chi connectivity index (χ4v) is 4.55. The van der Waals surface area contributed by atoms with E-state index in [0.29, 0.717) is 25.5 Å². The average Bonchev–Trinajstić information content (AvgIpc) is 2.94. The monoisotopic (exact) mass is 497 g/mol. The highest BCUT2D eigenvalue weighted by atomic mass is 127. The summed E-state index contributed by atoms with van der Waals surface area (Å²) in [6, 6.07) is 7.46. The van der Waals surface area contributed by atoms with Gasteiger partial charge in [-0.2, -0.15) is 0 Å². The van der Waals surface area contributed by atoms with E-state index in [2.05, 4.69) is 15.6 Å². The fraction of sp³-hybridized carbons (Fsp3) is 0.588. The standard InChI is InChI=1S/C17H27N3O4S.HI/c1-13(24-16-6-4-5-15(9-16)23-3)10-19-17(18-2)20-11-14-7-8-25(21,22)12-14;/h4-6,9,13-14H,7-8,10-12H2,1-3H3,(H2,18,19,20);1H. The molecule has 0 spiro atoms. The van der Waals surface area contributed by atoms with Crippen molar-refractivity contribution in [3.63, 3.8) is 0 Å². The van der Waals surface area contributed by atoms with E-state index in [1.165, 1.54) is 0 Å². The zero-order chi connectivity index (χ0) is 18.3. The van der Waals surface area contributed by atoms with Crippen LogP contribution >= 0.6 is 24.0 Å². The van der Waals surface area contributed by atoms with Crippen LogP contribution in [0, 0.1) is 5.92 Å². The van der Waals surface area contributed by atoms with Gasteiger partial charge in [-0.05, 0) is 31.4 Å². The zero-order valence-electron chi connectivity index (χ0n) is 15.4. The number of nitrogens with one attached hydrogen (secondary N) is 2. The molecule has 0 radical (unpaired) electrons. The van der Waals surface area contributed by atoms with E-state index in [1.807, 2.05) is 31.2 Å². The second kappa shape index (κ2) is 10.8. The van der Waals surface area contributed by atoms with Crippen LogP contribution in [0.15, 0.2) is 29.3 Å². The first-order chi connectivity index (χ1) is 11.9. The van der Waals surface area contributed by atoms with Crippen molar-refractivity contribution in [1.29, 1.82) is 0 Å². The van der Waals surface area contributed by atoms with E-state index < -0.39 is 9.84 Å². The van der Waals surface area contributed by atoms with E-state index >= 15 is 0 Å². The Morgan fingerprint density at radius 3 is 2.69 bits per heavy atom. The topological polar surface area (TPSA) is 89.0 Å². The largest absolute Gasteiger partial charge is 0.497 e. The predicted molar refractivity (Wildman–Crippen MR) is 115 cm³/mol. The molecule has 1 fully saturated rings. The van der Waals surface area contributed by atoms with Gasteiger partial charge in [0.15, 0.2) is 15.8 Å². The first-order valence-corrected chi connectivity index (χ1v) is 10.2. The Morgan fingerprint density at radius 1 is 1.35 bits per heavy atom. The first kappa shape index (κ1) is 22.8. The molecule has 0 saturated carbocycles. The molecule has 0 amide bonds. The van der Waals surface area contributed by atoms with Crippen LogP contribution in [-0.2, 0) is 9.84 Å². The van der Waals surface area contributed by atoms with Crippen LogP contribution in [0.25, 0.3) is 0 Å². The van der Waals surface area contributed by atoms with Gasteiger partial charge in [0, 0.05) is 19.7 Å². The Hall–Kier alpha value is -1.23. The number of ether oxygens (including phenoxy) is 2. The van der Waals surface area contributed by atoms with Crippen molar-refractivity contribution in [3.8, 4) is 11.5 Å². The van der Waals surface area contributed by atoms with Gasteiger partial charge in [-0.25, -0.2) is 8.42 Å². The van der Waals surface area contributed by atoms with Gasteiger partial charge in [-0.1, -0.05) is 6.07 Å². The van der Waals surface area contributed by atoms with E-state index in [-0.39, 0.29) is 47.5 Å². The van der Waals surface area contributed by atoms with E-state index in [1.54, 1.807) is 14.2 Å². The van der Waals surface area contributed by atoms with Crippen LogP contribution in [0.4, 0.5) is 0 Å². The Kier molecular flexibility index (Phi) is 9.48. The highest BCUT2D eigenvalue weighted by Crippen LogP contribution is 2.20. The first-order valence-electron chi connectivity index (χ1n) is 8.37. The summed E-state index contributed by atoms with van der Waals surface area (Å²) < 4.78 is 34.0. The normalized spacial score (nSPS) is 20.0. The molecule has 2 rings (SSSR count). The minimum absolute atomic E-state index is 0. The highest BCUT2D eigenvalue weighted by Gasteiger charge is 2.27. The number of hydrogen-bond donors (Lipinski definition) is 2. The summed E-state index contributed by atoms with van der Waals surface area (Å²) in [5.74, 6) is 2.83. The van der Waals surface area contributed by atoms with Crippen LogP contribution in [-0.4, -0.2) is 59.2 Å². The van der Waals surface area contributed by atoms with E-state index in [0.717, 1.165) is 11.5 Å². The second-order valence-corrected chi connectivity index (χ2v) is 8.44. The minimum atomic E-state index is -2.85. The van der Waals surface area contributed by atoms with Gasteiger partial charge in [0.1, 0.15) is 17.6 Å². The summed E-state index contributed by atoms with van der Waals surface area (Å²) in [6.45, 7) is 3.13. The highest BCUT2D eigenvalue weighted by molar-refractivity contribution is 14.0. The number of guanidine groups is 1. The molecular formula is C17H28IN3O4S. The summed E-state index contributed by atoms with van der Waals surface area (Å²) in [5.41, 5.74) is 0. The molecule has 9 heteroatoms. The van der Waals surface area contributed by atoms with Crippen LogP contribution in [0.1, 0.15) is 13.3 Å². The molecule has 2 N–H and O–H groups in total. The number of halogens is 1. The number of methoxy groups -OCH3 is 1. The van der Waals surface area contributed by atoms with Gasteiger partial charge in [0.25, 0.3) is 0 Å². The molecule has 1 aliphatic rings. The maximum atomic E-state index is 11.5. The minimum Gasteiger partial charge on any atom is -0.497 e. The van der Waals surface area contributed by atoms with Crippen LogP contribution < -0.4 is 20.1 Å². The predicted octanol–water partition coefficient (Wildman–Crippen LogP) is 1.68. The molecule has 2 unspecified atom stereocenters. The molecule has 1 aromatic rings. The van der Waals surface area contributed by atoms with E-state index in [4.69, 9.17) is 9.47 Å². The molecule has 0 bridgehead atoms. The molecule has 1 aliphatic heterocycles. The summed E-state index contributed by atoms with van der Waals surface area (Å²) in [6.07, 6.45) is 0.638. The number of hydrogen-bond acceptors (Lipinski definition) is 5.